The minimum Gasteiger partial charge on any atom is -0.492 e. The van der Waals surface area contributed by atoms with E-state index in [1.807, 2.05) is 12.4 Å². The number of rotatable bonds is 7. The fourth-order valence-electron chi connectivity index (χ4n) is 3.51. The Balaban J connectivity index is 2.03. The molecule has 0 radical (unpaired) electrons. The van der Waals surface area contributed by atoms with Gasteiger partial charge in [0, 0.05) is 12.2 Å². The van der Waals surface area contributed by atoms with Crippen molar-refractivity contribution in [2.45, 2.75) is 58.4 Å². The molecule has 1 aromatic rings. The molecular weight excluding hydrogens is 260 g/mol. The zero-order valence-corrected chi connectivity index (χ0v) is 13.8. The Morgan fingerprint density at radius 3 is 2.62 bits per heavy atom. The van der Waals surface area contributed by atoms with Crippen LogP contribution in [-0.2, 0) is 0 Å². The molecule has 0 bridgehead atoms. The van der Waals surface area contributed by atoms with Crippen LogP contribution in [0.5, 0.6) is 5.75 Å². The summed E-state index contributed by atoms with van der Waals surface area (Å²) in [7, 11) is 2.07. The summed E-state index contributed by atoms with van der Waals surface area (Å²) in [6.45, 7) is 5.20. The molecule has 1 saturated carbocycles. The van der Waals surface area contributed by atoms with Crippen molar-refractivity contribution in [2.24, 2.45) is 11.8 Å². The normalized spacial score (nSPS) is 23.8. The van der Waals surface area contributed by atoms with Crippen molar-refractivity contribution in [2.75, 3.05) is 13.7 Å². The molecule has 1 fully saturated rings. The maximum Gasteiger partial charge on any atom is 0.137 e. The van der Waals surface area contributed by atoms with E-state index in [1.54, 1.807) is 0 Å². The number of hydrogen-bond acceptors (Lipinski definition) is 3. The molecule has 1 atom stereocenters. The van der Waals surface area contributed by atoms with Gasteiger partial charge in [-0.3, -0.25) is 4.98 Å². The molecule has 1 heterocycles. The van der Waals surface area contributed by atoms with E-state index in [9.17, 15) is 0 Å². The summed E-state index contributed by atoms with van der Waals surface area (Å²) in [6.07, 6.45) is 11.6. The first-order valence-electron chi connectivity index (χ1n) is 8.53. The summed E-state index contributed by atoms with van der Waals surface area (Å²) in [5, 5.41) is 3.51. The van der Waals surface area contributed by atoms with Crippen molar-refractivity contribution in [3.05, 3.63) is 24.0 Å². The zero-order valence-electron chi connectivity index (χ0n) is 13.8. The van der Waals surface area contributed by atoms with Crippen molar-refractivity contribution in [3.8, 4) is 5.75 Å². The van der Waals surface area contributed by atoms with E-state index in [1.165, 1.54) is 37.7 Å². The molecule has 1 aliphatic carbocycles. The number of pyridine rings is 1. The number of ether oxygens (including phenoxy) is 1. The minimum atomic E-state index is 0.403. The monoisotopic (exact) mass is 290 g/mol. The molecule has 21 heavy (non-hydrogen) atoms. The SMILES string of the molecule is CCCOc1cncc(C(NC)C2CCC(CC)CC2)c1. The third-order valence-electron chi connectivity index (χ3n) is 4.82. The predicted octanol–water partition coefficient (Wildman–Crippen LogP) is 4.35. The van der Waals surface area contributed by atoms with Crippen LogP contribution >= 0.6 is 0 Å². The molecule has 1 aliphatic rings. The van der Waals surface area contributed by atoms with Gasteiger partial charge in [-0.1, -0.05) is 33.1 Å². The van der Waals surface area contributed by atoms with E-state index < -0.39 is 0 Å². The molecule has 3 nitrogen and oxygen atoms in total. The van der Waals surface area contributed by atoms with E-state index in [2.05, 4.69) is 37.3 Å². The zero-order chi connectivity index (χ0) is 15.1. The van der Waals surface area contributed by atoms with Crippen LogP contribution in [0.2, 0.25) is 0 Å². The highest BCUT2D eigenvalue weighted by Gasteiger charge is 2.27. The maximum absolute atomic E-state index is 5.72. The maximum atomic E-state index is 5.72. The Kier molecular flexibility index (Phi) is 6.50. The summed E-state index contributed by atoms with van der Waals surface area (Å²) in [4.78, 5) is 4.37. The number of nitrogens with one attached hydrogen (secondary N) is 1. The Hall–Kier alpha value is -1.09. The molecule has 0 saturated heterocycles. The first kappa shape index (κ1) is 16.3. The van der Waals surface area contributed by atoms with E-state index in [0.29, 0.717) is 6.04 Å². The van der Waals surface area contributed by atoms with Gasteiger partial charge in [-0.15, -0.1) is 0 Å². The molecular formula is C18H30N2O. The lowest BCUT2D eigenvalue weighted by Gasteiger charge is -2.33. The largest absolute Gasteiger partial charge is 0.492 e. The van der Waals surface area contributed by atoms with E-state index in [0.717, 1.165) is 30.6 Å². The number of nitrogens with zero attached hydrogens (tertiary/aromatic N) is 1. The lowest BCUT2D eigenvalue weighted by atomic mass is 9.76. The molecule has 1 N–H and O–H groups in total. The first-order valence-corrected chi connectivity index (χ1v) is 8.53. The van der Waals surface area contributed by atoms with Crippen LogP contribution in [0, 0.1) is 11.8 Å². The summed E-state index contributed by atoms with van der Waals surface area (Å²) < 4.78 is 5.72. The summed E-state index contributed by atoms with van der Waals surface area (Å²) >= 11 is 0. The Labute approximate surface area is 129 Å². The molecule has 0 amide bonds. The van der Waals surface area contributed by atoms with Crippen molar-refractivity contribution in [1.82, 2.24) is 10.3 Å². The molecule has 0 spiro atoms. The van der Waals surface area contributed by atoms with Crippen LogP contribution in [0.4, 0.5) is 0 Å². The second-order valence-electron chi connectivity index (χ2n) is 6.26. The molecule has 1 unspecified atom stereocenters. The van der Waals surface area contributed by atoms with Crippen LogP contribution in [0.15, 0.2) is 18.5 Å². The van der Waals surface area contributed by atoms with Crippen LogP contribution in [0.1, 0.15) is 64.0 Å². The Morgan fingerprint density at radius 2 is 2.00 bits per heavy atom. The van der Waals surface area contributed by atoms with Gasteiger partial charge in [0.25, 0.3) is 0 Å². The third-order valence-corrected chi connectivity index (χ3v) is 4.82. The quantitative estimate of drug-likeness (QED) is 0.810. The van der Waals surface area contributed by atoms with E-state index in [4.69, 9.17) is 4.74 Å². The summed E-state index contributed by atoms with van der Waals surface area (Å²) in [6, 6.07) is 2.57. The van der Waals surface area contributed by atoms with Gasteiger partial charge in [-0.05, 0) is 49.8 Å². The van der Waals surface area contributed by atoms with E-state index in [-0.39, 0.29) is 0 Å². The lowest BCUT2D eigenvalue weighted by molar-refractivity contribution is 0.223. The third kappa shape index (κ3) is 4.44. The second-order valence-corrected chi connectivity index (χ2v) is 6.26. The highest BCUT2D eigenvalue weighted by atomic mass is 16.5. The first-order chi connectivity index (χ1) is 10.3. The molecule has 1 aromatic heterocycles. The van der Waals surface area contributed by atoms with Gasteiger partial charge in [0.15, 0.2) is 0 Å². The van der Waals surface area contributed by atoms with Gasteiger partial charge >= 0.3 is 0 Å². The van der Waals surface area contributed by atoms with Crippen LogP contribution in [0.3, 0.4) is 0 Å². The second kappa shape index (κ2) is 8.38. The highest BCUT2D eigenvalue weighted by molar-refractivity contribution is 5.26. The fourth-order valence-corrected chi connectivity index (χ4v) is 3.51. The predicted molar refractivity (Wildman–Crippen MR) is 87.6 cm³/mol. The van der Waals surface area contributed by atoms with Crippen molar-refractivity contribution in [3.63, 3.8) is 0 Å². The van der Waals surface area contributed by atoms with Crippen LogP contribution < -0.4 is 10.1 Å². The lowest BCUT2D eigenvalue weighted by Crippen LogP contribution is -2.28. The topological polar surface area (TPSA) is 34.1 Å². The molecule has 0 aliphatic heterocycles. The minimum absolute atomic E-state index is 0.403. The number of aromatic nitrogens is 1. The van der Waals surface area contributed by atoms with Crippen molar-refractivity contribution >= 4 is 0 Å². The van der Waals surface area contributed by atoms with Gasteiger partial charge in [-0.2, -0.15) is 0 Å². The summed E-state index contributed by atoms with van der Waals surface area (Å²) in [5.41, 5.74) is 1.27. The number of hydrogen-bond donors (Lipinski definition) is 1. The van der Waals surface area contributed by atoms with E-state index >= 15 is 0 Å². The van der Waals surface area contributed by atoms with Crippen LogP contribution in [-0.4, -0.2) is 18.6 Å². The fraction of sp³-hybridized carbons (Fsp3) is 0.722. The van der Waals surface area contributed by atoms with Gasteiger partial charge in [0.2, 0.25) is 0 Å². The molecule has 3 heteroatoms. The Bertz CT molecular complexity index is 413. The van der Waals surface area contributed by atoms with Crippen molar-refractivity contribution in [1.29, 1.82) is 0 Å². The molecule has 2 rings (SSSR count). The van der Waals surface area contributed by atoms with Gasteiger partial charge in [0.05, 0.1) is 12.8 Å². The summed E-state index contributed by atoms with van der Waals surface area (Å²) in [5.74, 6) is 2.56. The van der Waals surface area contributed by atoms with Gasteiger partial charge < -0.3 is 10.1 Å². The average Bonchev–Trinajstić information content (AvgIpc) is 2.55. The molecule has 0 aromatic carbocycles. The van der Waals surface area contributed by atoms with Gasteiger partial charge in [0.1, 0.15) is 5.75 Å². The van der Waals surface area contributed by atoms with Crippen LogP contribution in [0.25, 0.3) is 0 Å². The van der Waals surface area contributed by atoms with Crippen molar-refractivity contribution < 1.29 is 4.74 Å². The van der Waals surface area contributed by atoms with Gasteiger partial charge in [-0.25, -0.2) is 0 Å². The smallest absolute Gasteiger partial charge is 0.137 e. The molecule has 118 valence electrons. The highest BCUT2D eigenvalue weighted by Crippen LogP contribution is 2.38. The standard InChI is InChI=1S/C18H30N2O/c1-4-10-21-17-11-16(12-20-13-17)18(19-3)15-8-6-14(5-2)7-9-15/h11-15,18-19H,4-10H2,1-3H3. The average molecular weight is 290 g/mol. The Morgan fingerprint density at radius 1 is 1.24 bits per heavy atom.